The molecule has 0 aliphatic carbocycles. The first-order valence-corrected chi connectivity index (χ1v) is 13.4. The number of hydrogen-bond acceptors (Lipinski definition) is 6. The van der Waals surface area contributed by atoms with Crippen LogP contribution in [0, 0.1) is 0 Å². The van der Waals surface area contributed by atoms with Gasteiger partial charge < -0.3 is 9.88 Å². The number of rotatable bonds is 3. The van der Waals surface area contributed by atoms with Crippen molar-refractivity contribution in [1.29, 1.82) is 0 Å². The van der Waals surface area contributed by atoms with Crippen LogP contribution < -0.4 is 4.90 Å². The molecular formula is C23H25ClN6O2S. The first-order valence-electron chi connectivity index (χ1n) is 11.2. The second-order valence-electron chi connectivity index (χ2n) is 9.32. The van der Waals surface area contributed by atoms with E-state index in [9.17, 15) is 8.42 Å². The fraction of sp³-hybridized carbons (Fsp3) is 0.435. The zero-order chi connectivity index (χ0) is 22.9. The van der Waals surface area contributed by atoms with E-state index in [4.69, 9.17) is 16.6 Å². The lowest BCUT2D eigenvalue weighted by Crippen LogP contribution is -2.43. The van der Waals surface area contributed by atoms with Crippen LogP contribution >= 0.6 is 11.6 Å². The molecule has 3 atom stereocenters. The molecule has 33 heavy (non-hydrogen) atoms. The highest BCUT2D eigenvalue weighted by atomic mass is 35.5. The third-order valence-electron chi connectivity index (χ3n) is 7.19. The summed E-state index contributed by atoms with van der Waals surface area (Å²) in [6.07, 6.45) is 10.2. The van der Waals surface area contributed by atoms with Crippen molar-refractivity contribution >= 4 is 43.9 Å². The fourth-order valence-electron chi connectivity index (χ4n) is 5.82. The van der Waals surface area contributed by atoms with Crippen LogP contribution in [0.4, 0.5) is 5.69 Å². The van der Waals surface area contributed by atoms with Gasteiger partial charge in [-0.25, -0.2) is 23.4 Å². The highest BCUT2D eigenvalue weighted by Gasteiger charge is 2.43. The Morgan fingerprint density at radius 1 is 1.21 bits per heavy atom. The largest absolute Gasteiger partial charge is 0.363 e. The van der Waals surface area contributed by atoms with Crippen molar-refractivity contribution in [2.75, 3.05) is 11.2 Å². The van der Waals surface area contributed by atoms with Crippen LogP contribution in [0.2, 0.25) is 5.15 Å². The molecule has 2 bridgehead atoms. The van der Waals surface area contributed by atoms with Crippen LogP contribution in [0.3, 0.4) is 0 Å². The lowest BCUT2D eigenvalue weighted by Gasteiger charge is -2.38. The number of aromatic amines is 1. The second kappa shape index (κ2) is 7.51. The summed E-state index contributed by atoms with van der Waals surface area (Å²) >= 11 is 6.35. The molecule has 1 fully saturated rings. The van der Waals surface area contributed by atoms with Crippen molar-refractivity contribution in [3.8, 4) is 0 Å². The molecule has 3 unspecified atom stereocenters. The van der Waals surface area contributed by atoms with Gasteiger partial charge in [-0.2, -0.15) is 4.31 Å². The number of hydrogen-bond donors (Lipinski definition) is 1. The second-order valence-corrected chi connectivity index (χ2v) is 11.6. The van der Waals surface area contributed by atoms with E-state index >= 15 is 0 Å². The maximum Gasteiger partial charge on any atom is 0.212 e. The van der Waals surface area contributed by atoms with Gasteiger partial charge in [-0.05, 0) is 43.9 Å². The molecule has 3 aliphatic heterocycles. The van der Waals surface area contributed by atoms with Crippen LogP contribution in [0.5, 0.6) is 0 Å². The average Bonchev–Trinajstić information content (AvgIpc) is 3.34. The number of nitrogens with one attached hydrogen (secondary N) is 1. The van der Waals surface area contributed by atoms with Crippen molar-refractivity contribution in [2.45, 2.75) is 57.3 Å². The molecule has 0 saturated carbocycles. The minimum absolute atomic E-state index is 0.00715. The van der Waals surface area contributed by atoms with E-state index in [1.807, 2.05) is 18.3 Å². The van der Waals surface area contributed by atoms with Crippen molar-refractivity contribution in [1.82, 2.24) is 24.2 Å². The molecule has 8 nitrogen and oxygen atoms in total. The van der Waals surface area contributed by atoms with Gasteiger partial charge in [0.25, 0.3) is 0 Å². The lowest BCUT2D eigenvalue weighted by molar-refractivity contribution is 0.348. The van der Waals surface area contributed by atoms with Gasteiger partial charge in [0.2, 0.25) is 10.0 Å². The number of nitrogens with zero attached hydrogens (tertiary/aromatic N) is 5. The number of pyridine rings is 1. The van der Waals surface area contributed by atoms with Crippen molar-refractivity contribution in [2.24, 2.45) is 0 Å². The Balaban J connectivity index is 1.41. The predicted molar refractivity (Wildman–Crippen MR) is 129 cm³/mol. The Morgan fingerprint density at radius 2 is 2.06 bits per heavy atom. The van der Waals surface area contributed by atoms with Gasteiger partial charge >= 0.3 is 0 Å². The smallest absolute Gasteiger partial charge is 0.212 e. The van der Waals surface area contributed by atoms with E-state index < -0.39 is 10.0 Å². The first-order chi connectivity index (χ1) is 15.8. The van der Waals surface area contributed by atoms with Gasteiger partial charge in [0.05, 0.1) is 23.3 Å². The van der Waals surface area contributed by atoms with Gasteiger partial charge in [-0.15, -0.1) is 0 Å². The van der Waals surface area contributed by atoms with E-state index in [1.165, 1.54) is 6.26 Å². The molecule has 0 amide bonds. The normalized spacial score (nSPS) is 25.4. The van der Waals surface area contributed by atoms with E-state index in [2.05, 4.69) is 32.9 Å². The number of sulfonamides is 1. The molecule has 6 heterocycles. The molecule has 1 N–H and O–H groups in total. The molecule has 10 heteroatoms. The zero-order valence-electron chi connectivity index (χ0n) is 18.5. The Hall–Kier alpha value is -2.49. The van der Waals surface area contributed by atoms with Crippen molar-refractivity contribution in [3.05, 3.63) is 52.8 Å². The summed E-state index contributed by atoms with van der Waals surface area (Å²) in [5.41, 5.74) is 6.08. The maximum atomic E-state index is 12.3. The average molecular weight is 485 g/mol. The summed E-state index contributed by atoms with van der Waals surface area (Å²) < 4.78 is 26.3. The van der Waals surface area contributed by atoms with Crippen molar-refractivity contribution in [3.63, 3.8) is 0 Å². The topological polar surface area (TPSA) is 95.1 Å². The fourth-order valence-corrected chi connectivity index (χ4v) is 7.38. The van der Waals surface area contributed by atoms with Crippen molar-refractivity contribution < 1.29 is 8.42 Å². The molecule has 1 saturated heterocycles. The lowest BCUT2D eigenvalue weighted by atomic mass is 9.91. The van der Waals surface area contributed by atoms with Crippen LogP contribution in [-0.2, 0) is 23.0 Å². The molecule has 3 aromatic heterocycles. The van der Waals surface area contributed by atoms with E-state index in [0.29, 0.717) is 18.1 Å². The van der Waals surface area contributed by atoms with E-state index in [-0.39, 0.29) is 18.1 Å². The van der Waals surface area contributed by atoms with Gasteiger partial charge in [-0.1, -0.05) is 17.7 Å². The van der Waals surface area contributed by atoms with E-state index in [0.717, 1.165) is 58.5 Å². The summed E-state index contributed by atoms with van der Waals surface area (Å²) in [5.74, 6) is 0. The van der Waals surface area contributed by atoms with Crippen LogP contribution in [0.15, 0.2) is 30.7 Å². The Bertz CT molecular complexity index is 1400. The van der Waals surface area contributed by atoms with E-state index in [1.54, 1.807) is 10.6 Å². The Kier molecular flexibility index (Phi) is 4.80. The molecular weight excluding hydrogens is 460 g/mol. The molecule has 172 valence electrons. The maximum absolute atomic E-state index is 12.3. The molecule has 0 radical (unpaired) electrons. The van der Waals surface area contributed by atoms with Crippen LogP contribution in [-0.4, -0.2) is 57.0 Å². The highest BCUT2D eigenvalue weighted by molar-refractivity contribution is 7.88. The number of H-pyrrole nitrogens is 1. The summed E-state index contributed by atoms with van der Waals surface area (Å²) in [4.78, 5) is 19.2. The first kappa shape index (κ1) is 21.1. The quantitative estimate of drug-likeness (QED) is 0.571. The highest BCUT2D eigenvalue weighted by Crippen LogP contribution is 2.42. The monoisotopic (exact) mass is 484 g/mol. The van der Waals surface area contributed by atoms with Gasteiger partial charge in [0.1, 0.15) is 17.1 Å². The Labute approximate surface area is 197 Å². The summed E-state index contributed by atoms with van der Waals surface area (Å²) in [5, 5.41) is 1.49. The summed E-state index contributed by atoms with van der Waals surface area (Å²) in [6.45, 7) is 2.86. The number of anilines is 1. The summed E-state index contributed by atoms with van der Waals surface area (Å²) in [7, 11) is -3.23. The number of halogens is 1. The molecule has 0 spiro atoms. The molecule has 3 aromatic rings. The van der Waals surface area contributed by atoms with Gasteiger partial charge in [0, 0.05) is 48.2 Å². The minimum Gasteiger partial charge on any atom is -0.363 e. The standard InChI is InChI=1S/C23H25ClN6O2S/c1-13-7-19-18(11-29(13)20-10-21(24)28-23-17(20)5-6-25-23)22(27-12-26-19)14-8-15-3-4-16(9-14)30(15)33(2,31)32/h5-6,8,10,12-13,15-16H,3-4,7,9,11H2,1-2H3,(H,25,28). The Morgan fingerprint density at radius 3 is 2.85 bits per heavy atom. The predicted octanol–water partition coefficient (Wildman–Crippen LogP) is 3.54. The number of aromatic nitrogens is 4. The SMILES string of the molecule is CC1Cc2ncnc(C3=CC4CCC(C3)N4S(C)(=O)=O)c2CN1c1cc(Cl)nc2[nH]ccc12. The zero-order valence-corrected chi connectivity index (χ0v) is 20.1. The van der Waals surface area contributed by atoms with Crippen LogP contribution in [0.1, 0.15) is 43.1 Å². The molecule has 3 aliphatic rings. The van der Waals surface area contributed by atoms with Gasteiger partial charge in [0.15, 0.2) is 0 Å². The summed E-state index contributed by atoms with van der Waals surface area (Å²) in [6, 6.07) is 4.10. The van der Waals surface area contributed by atoms with Crippen LogP contribution in [0.25, 0.3) is 16.6 Å². The molecule has 6 rings (SSSR count). The molecule has 0 aromatic carbocycles. The minimum atomic E-state index is -3.23. The third kappa shape index (κ3) is 3.45. The number of fused-ring (bicyclic) bond motifs is 4. The van der Waals surface area contributed by atoms with Gasteiger partial charge in [-0.3, -0.25) is 0 Å². The third-order valence-corrected chi connectivity index (χ3v) is 8.72.